The Labute approximate surface area is 384 Å². The molecule has 0 aromatic heterocycles. The van der Waals surface area contributed by atoms with Crippen molar-refractivity contribution in [3.05, 3.63) is 0 Å². The van der Waals surface area contributed by atoms with Crippen LogP contribution in [-0.4, -0.2) is 54.3 Å². The van der Waals surface area contributed by atoms with Crippen molar-refractivity contribution < 1.29 is 37.9 Å². The largest absolute Gasteiger partial charge is 0.472 e. The van der Waals surface area contributed by atoms with E-state index < -0.39 is 26.5 Å². The molecule has 0 aliphatic rings. The Bertz CT molecular complexity index is 984. The van der Waals surface area contributed by atoms with E-state index in [-0.39, 0.29) is 25.7 Å². The number of phosphoric acid groups is 1. The Morgan fingerprint density at radius 3 is 1.05 bits per heavy atom. The molecule has 0 saturated carbocycles. The monoisotopic (exact) mass is 902 g/mol. The van der Waals surface area contributed by atoms with E-state index in [9.17, 15) is 24.2 Å². The smallest absolute Gasteiger partial charge is 0.463 e. The number of phosphoric ester groups is 1. The summed E-state index contributed by atoms with van der Waals surface area (Å²) in [6, 6.07) is 0. The number of esters is 1. The molecule has 0 bridgehead atoms. The van der Waals surface area contributed by atoms with Gasteiger partial charge in [-0.3, -0.25) is 18.6 Å². The minimum atomic E-state index is -4.42. The van der Waals surface area contributed by atoms with Gasteiger partial charge in [-0.1, -0.05) is 264 Å². The van der Waals surface area contributed by atoms with E-state index in [1.165, 1.54) is 225 Å². The lowest BCUT2D eigenvalue weighted by atomic mass is 10.0. The molecular weight excluding hydrogens is 798 g/mol. The highest BCUT2D eigenvalue weighted by Gasteiger charge is 2.23. The molecule has 62 heavy (non-hydrogen) atoms. The van der Waals surface area contributed by atoms with Gasteiger partial charge >= 0.3 is 13.8 Å². The van der Waals surface area contributed by atoms with E-state index in [0.717, 1.165) is 38.5 Å². The Morgan fingerprint density at radius 2 is 0.726 bits per heavy atom. The number of aliphatic hydroxyl groups excluding tert-OH is 1. The molecule has 0 aromatic carbocycles. The third-order valence-electron chi connectivity index (χ3n) is 12.3. The first kappa shape index (κ1) is 61.0. The lowest BCUT2D eigenvalue weighted by molar-refractivity contribution is -0.147. The van der Waals surface area contributed by atoms with E-state index >= 15 is 0 Å². The Hall–Kier alpha value is -0.990. The van der Waals surface area contributed by atoms with Crippen LogP contribution in [0.25, 0.3) is 0 Å². The van der Waals surface area contributed by atoms with Crippen molar-refractivity contribution in [1.82, 2.24) is 5.32 Å². The zero-order chi connectivity index (χ0) is 45.3. The van der Waals surface area contributed by atoms with Gasteiger partial charge in [-0.25, -0.2) is 4.57 Å². The van der Waals surface area contributed by atoms with Crippen molar-refractivity contribution in [3.8, 4) is 0 Å². The van der Waals surface area contributed by atoms with E-state index in [0.29, 0.717) is 12.8 Å². The van der Waals surface area contributed by atoms with Gasteiger partial charge in [-0.15, -0.1) is 0 Å². The quantitative estimate of drug-likeness (QED) is 0.0312. The summed E-state index contributed by atoms with van der Waals surface area (Å²) in [4.78, 5) is 34.1. The fraction of sp³-hybridized carbons (Fsp3) is 0.962. The predicted octanol–water partition coefficient (Wildman–Crippen LogP) is 16.0. The number of hydrogen-bond acceptors (Lipinski definition) is 7. The van der Waals surface area contributed by atoms with Crippen LogP contribution in [0.5, 0.6) is 0 Å². The van der Waals surface area contributed by atoms with Crippen molar-refractivity contribution in [3.63, 3.8) is 0 Å². The second-order valence-electron chi connectivity index (χ2n) is 18.6. The van der Waals surface area contributed by atoms with Crippen LogP contribution in [0, 0.1) is 0 Å². The molecule has 10 heteroatoms. The number of unbranched alkanes of at least 4 members (excludes halogenated alkanes) is 39. The summed E-state index contributed by atoms with van der Waals surface area (Å²) >= 11 is 0. The van der Waals surface area contributed by atoms with Gasteiger partial charge in [0.15, 0.2) is 0 Å². The lowest BCUT2D eigenvalue weighted by Crippen LogP contribution is -2.27. The number of nitrogens with one attached hydrogen (secondary N) is 1. The highest BCUT2D eigenvalue weighted by molar-refractivity contribution is 7.47. The molecule has 0 aliphatic heterocycles. The third kappa shape index (κ3) is 50.0. The Balaban J connectivity index is 3.49. The number of aliphatic hydroxyl groups is 1. The second kappa shape index (κ2) is 49.4. The highest BCUT2D eigenvalue weighted by Crippen LogP contribution is 2.42. The van der Waals surface area contributed by atoms with Gasteiger partial charge in [0.1, 0.15) is 12.7 Å². The van der Waals surface area contributed by atoms with Gasteiger partial charge in [-0.05, 0) is 12.8 Å². The number of hydrogen-bond donors (Lipinski definition) is 3. The van der Waals surface area contributed by atoms with Crippen LogP contribution in [0.2, 0.25) is 0 Å². The molecule has 1 amide bonds. The van der Waals surface area contributed by atoms with Crippen LogP contribution >= 0.6 is 7.82 Å². The van der Waals surface area contributed by atoms with Crippen molar-refractivity contribution in [2.45, 2.75) is 296 Å². The van der Waals surface area contributed by atoms with Gasteiger partial charge in [0.25, 0.3) is 0 Å². The first-order valence-corrected chi connectivity index (χ1v) is 28.5. The molecule has 2 atom stereocenters. The molecule has 2 unspecified atom stereocenters. The molecule has 3 N–H and O–H groups in total. The molecule has 0 aliphatic carbocycles. The zero-order valence-corrected chi connectivity index (χ0v) is 42.0. The van der Waals surface area contributed by atoms with Crippen molar-refractivity contribution in [2.24, 2.45) is 0 Å². The highest BCUT2D eigenvalue weighted by atomic mass is 31.2. The Kier molecular flexibility index (Phi) is 48.7. The summed E-state index contributed by atoms with van der Waals surface area (Å²) in [5.41, 5.74) is 0. The minimum absolute atomic E-state index is 0.0890. The van der Waals surface area contributed by atoms with E-state index in [2.05, 4.69) is 19.2 Å². The predicted molar refractivity (Wildman–Crippen MR) is 262 cm³/mol. The lowest BCUT2D eigenvalue weighted by Gasteiger charge is -2.15. The van der Waals surface area contributed by atoms with E-state index in [1.54, 1.807) is 0 Å². The molecule has 0 heterocycles. The number of ether oxygens (including phenoxy) is 1. The summed E-state index contributed by atoms with van der Waals surface area (Å²) in [6.45, 7) is 3.64. The maximum Gasteiger partial charge on any atom is 0.472 e. The third-order valence-corrected chi connectivity index (χ3v) is 13.3. The van der Waals surface area contributed by atoms with Crippen LogP contribution in [0.1, 0.15) is 290 Å². The summed E-state index contributed by atoms with van der Waals surface area (Å²) in [6.07, 6.45) is 53.3. The number of carbonyl (C=O) groups is 2. The SMILES string of the molecule is CCCCCCCCCCCCCCCCCCCCCCCC(=O)NCCOP(=O)(O)OCC(O)COC(=O)CCCCCCCCCCCCCCCCCCCCCC. The van der Waals surface area contributed by atoms with Gasteiger partial charge in [0.05, 0.1) is 13.2 Å². The molecule has 0 fully saturated rings. The van der Waals surface area contributed by atoms with Crippen LogP contribution in [0.3, 0.4) is 0 Å². The Morgan fingerprint density at radius 1 is 0.435 bits per heavy atom. The molecule has 9 nitrogen and oxygen atoms in total. The van der Waals surface area contributed by atoms with Crippen LogP contribution in [-0.2, 0) is 27.9 Å². The number of carbonyl (C=O) groups excluding carboxylic acids is 2. The van der Waals surface area contributed by atoms with Crippen molar-refractivity contribution >= 4 is 19.7 Å². The van der Waals surface area contributed by atoms with Gasteiger partial charge < -0.3 is 20.1 Å². The first-order valence-electron chi connectivity index (χ1n) is 27.0. The molecule has 370 valence electrons. The molecule has 0 rings (SSSR count). The number of rotatable bonds is 52. The summed E-state index contributed by atoms with van der Waals surface area (Å²) < 4.78 is 27.0. The first-order chi connectivity index (χ1) is 30.3. The standard InChI is InChI=1S/C52H104NO8P/c1-3-5-7-9-11-13-15-17-19-21-23-25-26-28-30-32-34-36-38-40-42-44-51(55)53-46-47-60-62(57,58)61-49-50(54)48-59-52(56)45-43-41-39-37-35-33-31-29-27-24-22-20-18-16-14-12-10-8-6-4-2/h50,54H,3-49H2,1-2H3,(H,53,55)(H,57,58). The normalized spacial score (nSPS) is 13.0. The zero-order valence-electron chi connectivity index (χ0n) is 41.1. The fourth-order valence-electron chi connectivity index (χ4n) is 8.21. The minimum Gasteiger partial charge on any atom is -0.463 e. The fourth-order valence-corrected chi connectivity index (χ4v) is 8.97. The van der Waals surface area contributed by atoms with Crippen LogP contribution in [0.4, 0.5) is 0 Å². The average molecular weight is 902 g/mol. The summed E-state index contributed by atoms with van der Waals surface area (Å²) in [5, 5.41) is 12.8. The second-order valence-corrected chi connectivity index (χ2v) is 20.0. The molecular formula is C52H104NO8P. The molecule has 0 radical (unpaired) electrons. The molecule has 0 spiro atoms. The van der Waals surface area contributed by atoms with E-state index in [4.69, 9.17) is 13.8 Å². The van der Waals surface area contributed by atoms with Crippen molar-refractivity contribution in [2.75, 3.05) is 26.4 Å². The topological polar surface area (TPSA) is 131 Å². The van der Waals surface area contributed by atoms with Gasteiger partial charge in [0, 0.05) is 19.4 Å². The maximum absolute atomic E-state index is 12.2. The van der Waals surface area contributed by atoms with Crippen molar-refractivity contribution in [1.29, 1.82) is 0 Å². The van der Waals surface area contributed by atoms with Gasteiger partial charge in [-0.2, -0.15) is 0 Å². The average Bonchev–Trinajstić information content (AvgIpc) is 3.26. The maximum atomic E-state index is 12.2. The van der Waals surface area contributed by atoms with E-state index in [1.807, 2.05) is 0 Å². The summed E-state index contributed by atoms with van der Waals surface area (Å²) in [5.74, 6) is -0.496. The molecule has 0 saturated heterocycles. The molecule has 0 aromatic rings. The number of amides is 1. The summed E-state index contributed by atoms with van der Waals surface area (Å²) in [7, 11) is -4.42. The van der Waals surface area contributed by atoms with Crippen LogP contribution < -0.4 is 5.32 Å². The van der Waals surface area contributed by atoms with Gasteiger partial charge in [0.2, 0.25) is 5.91 Å². The van der Waals surface area contributed by atoms with Crippen LogP contribution in [0.15, 0.2) is 0 Å².